The molecule has 1 aliphatic rings. The second-order valence-corrected chi connectivity index (χ2v) is 13.6. The molecule has 2 aromatic carbocycles. The van der Waals surface area contributed by atoms with E-state index in [9.17, 15) is 40.7 Å². The standard InChI is InChI=1S/C38H44F7N3O5/c1-7-53-33(50)19-29(26-16-25(17-28(35(26)39)38(43,44)45)34-22(4)9-10-31(52-6)23(34)5)46-36(51)30(15-21(2)3)48-20-24(11-14-47-12-8-13-47)27(18-32(48)49)37(40,41)42/h9-10,16-18,20-21,29-30H,7-8,11-15,19H2,1-6H3,(H,46,51)/t29-,30?/m0/s1. The van der Waals surface area contributed by atoms with E-state index in [0.717, 1.165) is 23.3 Å². The molecule has 0 saturated carbocycles. The van der Waals surface area contributed by atoms with Crippen molar-refractivity contribution in [1.82, 2.24) is 14.8 Å². The first-order valence-corrected chi connectivity index (χ1v) is 17.3. The van der Waals surface area contributed by atoms with E-state index in [1.807, 2.05) is 4.90 Å². The zero-order valence-corrected chi connectivity index (χ0v) is 30.4. The van der Waals surface area contributed by atoms with Crippen LogP contribution in [0.5, 0.6) is 5.75 Å². The van der Waals surface area contributed by atoms with Gasteiger partial charge in [0.2, 0.25) is 5.91 Å². The van der Waals surface area contributed by atoms with Crippen LogP contribution in [0, 0.1) is 25.6 Å². The van der Waals surface area contributed by atoms with Crippen molar-refractivity contribution in [1.29, 1.82) is 0 Å². The number of benzene rings is 2. The Balaban J connectivity index is 1.88. The topological polar surface area (TPSA) is 89.9 Å². The van der Waals surface area contributed by atoms with E-state index in [-0.39, 0.29) is 43.0 Å². The van der Waals surface area contributed by atoms with Gasteiger partial charge in [-0.15, -0.1) is 0 Å². The molecule has 1 unspecified atom stereocenters. The molecule has 290 valence electrons. The molecular weight excluding hydrogens is 711 g/mol. The highest BCUT2D eigenvalue weighted by molar-refractivity contribution is 5.82. The Kier molecular flexibility index (Phi) is 13.1. The van der Waals surface area contributed by atoms with E-state index < -0.39 is 70.8 Å². The third-order valence-corrected chi connectivity index (χ3v) is 9.35. The molecule has 8 nitrogen and oxygen atoms in total. The minimum Gasteiger partial charge on any atom is -0.496 e. The van der Waals surface area contributed by atoms with Crippen LogP contribution >= 0.6 is 0 Å². The van der Waals surface area contributed by atoms with Gasteiger partial charge in [-0.05, 0) is 105 Å². The molecule has 0 radical (unpaired) electrons. The maximum atomic E-state index is 16.1. The number of alkyl halides is 6. The van der Waals surface area contributed by atoms with Crippen molar-refractivity contribution in [3.05, 3.63) is 86.1 Å². The molecule has 0 spiro atoms. The van der Waals surface area contributed by atoms with Gasteiger partial charge >= 0.3 is 18.3 Å². The molecule has 1 saturated heterocycles. The number of likely N-dealkylation sites (tertiary alicyclic amines) is 1. The Morgan fingerprint density at radius 3 is 2.19 bits per heavy atom. The highest BCUT2D eigenvalue weighted by Gasteiger charge is 2.39. The molecule has 0 bridgehead atoms. The molecule has 3 aromatic rings. The number of aromatic nitrogens is 1. The number of halogens is 7. The van der Waals surface area contributed by atoms with Gasteiger partial charge in [-0.1, -0.05) is 19.9 Å². The Morgan fingerprint density at radius 1 is 0.981 bits per heavy atom. The van der Waals surface area contributed by atoms with Crippen LogP contribution in [0.3, 0.4) is 0 Å². The van der Waals surface area contributed by atoms with Crippen LogP contribution in [0.15, 0.2) is 41.3 Å². The summed E-state index contributed by atoms with van der Waals surface area (Å²) in [6.07, 6.45) is -9.12. The molecule has 2 heterocycles. The highest BCUT2D eigenvalue weighted by Crippen LogP contribution is 2.41. The third-order valence-electron chi connectivity index (χ3n) is 9.35. The van der Waals surface area contributed by atoms with Crippen LogP contribution in [0.25, 0.3) is 11.1 Å². The number of amides is 1. The molecule has 15 heteroatoms. The van der Waals surface area contributed by atoms with Crippen LogP contribution in [0.1, 0.15) is 85.5 Å². The summed E-state index contributed by atoms with van der Waals surface area (Å²) in [6, 6.07) is 2.20. The van der Waals surface area contributed by atoms with Gasteiger partial charge in [0.15, 0.2) is 0 Å². The molecule has 1 fully saturated rings. The Bertz CT molecular complexity index is 1870. The van der Waals surface area contributed by atoms with E-state index in [2.05, 4.69) is 5.32 Å². The SMILES string of the molecule is CCOC(=O)C[C@H](NC(=O)C(CC(C)C)n1cc(CCN2CCC2)c(C(F)(F)F)cc1=O)c1cc(-c2c(C)ccc(OC)c2C)cc(C(F)(F)F)c1F. The predicted molar refractivity (Wildman–Crippen MR) is 184 cm³/mol. The van der Waals surface area contributed by atoms with E-state index in [1.165, 1.54) is 14.0 Å². The van der Waals surface area contributed by atoms with E-state index in [1.54, 1.807) is 39.8 Å². The molecule has 1 aliphatic heterocycles. The predicted octanol–water partition coefficient (Wildman–Crippen LogP) is 7.96. The number of pyridine rings is 1. The first-order valence-electron chi connectivity index (χ1n) is 17.3. The maximum absolute atomic E-state index is 16.1. The first-order chi connectivity index (χ1) is 24.8. The van der Waals surface area contributed by atoms with Crippen LogP contribution in [0.4, 0.5) is 30.7 Å². The summed E-state index contributed by atoms with van der Waals surface area (Å²) >= 11 is 0. The van der Waals surface area contributed by atoms with Crippen molar-refractivity contribution in [3.63, 3.8) is 0 Å². The summed E-state index contributed by atoms with van der Waals surface area (Å²) in [4.78, 5) is 42.3. The van der Waals surface area contributed by atoms with Gasteiger partial charge in [0.05, 0.1) is 37.3 Å². The number of esters is 1. The van der Waals surface area contributed by atoms with Crippen molar-refractivity contribution in [3.8, 4) is 16.9 Å². The van der Waals surface area contributed by atoms with E-state index >= 15 is 4.39 Å². The van der Waals surface area contributed by atoms with Gasteiger partial charge in [0, 0.05) is 24.4 Å². The number of nitrogens with one attached hydrogen (secondary N) is 1. The summed E-state index contributed by atoms with van der Waals surface area (Å²) < 4.78 is 113. The van der Waals surface area contributed by atoms with E-state index in [4.69, 9.17) is 9.47 Å². The smallest absolute Gasteiger partial charge is 0.419 e. The number of ether oxygens (including phenoxy) is 2. The number of methoxy groups -OCH3 is 1. The van der Waals surface area contributed by atoms with Gasteiger partial charge in [-0.2, -0.15) is 26.3 Å². The van der Waals surface area contributed by atoms with Crippen molar-refractivity contribution in [2.45, 2.75) is 84.7 Å². The second kappa shape index (κ2) is 16.7. The lowest BCUT2D eigenvalue weighted by atomic mass is 9.89. The average molecular weight is 756 g/mol. The number of hydrogen-bond acceptors (Lipinski definition) is 6. The summed E-state index contributed by atoms with van der Waals surface area (Å²) in [5, 5.41) is 2.47. The lowest BCUT2D eigenvalue weighted by Crippen LogP contribution is -2.41. The number of rotatable bonds is 14. The lowest BCUT2D eigenvalue weighted by molar-refractivity contribution is -0.144. The molecule has 53 heavy (non-hydrogen) atoms. The van der Waals surface area contributed by atoms with Crippen LogP contribution in [-0.4, -0.2) is 54.7 Å². The number of carbonyl (C=O) groups excluding carboxylic acids is 2. The number of carbonyl (C=O) groups is 2. The molecular formula is C38H44F7N3O5. The first kappa shape index (κ1) is 41.4. The Morgan fingerprint density at radius 2 is 1.64 bits per heavy atom. The molecule has 0 aliphatic carbocycles. The summed E-state index contributed by atoms with van der Waals surface area (Å²) in [7, 11) is 1.38. The van der Waals surface area contributed by atoms with Gasteiger partial charge in [0.1, 0.15) is 17.6 Å². The summed E-state index contributed by atoms with van der Waals surface area (Å²) in [5.41, 5.74) is -3.61. The summed E-state index contributed by atoms with van der Waals surface area (Å²) in [5.74, 6) is -3.69. The number of hydrogen-bond donors (Lipinski definition) is 1. The number of aryl methyl sites for hydroxylation is 1. The van der Waals surface area contributed by atoms with Crippen molar-refractivity contribution >= 4 is 11.9 Å². The molecule has 1 amide bonds. The fourth-order valence-electron chi connectivity index (χ4n) is 6.61. The molecule has 2 atom stereocenters. The van der Waals surface area contributed by atoms with Crippen LogP contribution < -0.4 is 15.6 Å². The van der Waals surface area contributed by atoms with Crippen LogP contribution in [0.2, 0.25) is 0 Å². The number of nitrogens with zero attached hydrogens (tertiary/aromatic N) is 2. The van der Waals surface area contributed by atoms with Crippen molar-refractivity contribution < 1.29 is 49.8 Å². The minimum atomic E-state index is -5.20. The van der Waals surface area contributed by atoms with Gasteiger partial charge in [-0.3, -0.25) is 14.4 Å². The average Bonchev–Trinajstić information content (AvgIpc) is 3.02. The second-order valence-electron chi connectivity index (χ2n) is 13.6. The molecule has 4 rings (SSSR count). The largest absolute Gasteiger partial charge is 0.496 e. The van der Waals surface area contributed by atoms with Gasteiger partial charge in [-0.25, -0.2) is 4.39 Å². The van der Waals surface area contributed by atoms with Crippen molar-refractivity contribution in [2.24, 2.45) is 5.92 Å². The quantitative estimate of drug-likeness (QED) is 0.133. The zero-order valence-electron chi connectivity index (χ0n) is 30.4. The van der Waals surface area contributed by atoms with Crippen LogP contribution in [-0.2, 0) is 33.1 Å². The fraction of sp³-hybridized carbons (Fsp3) is 0.500. The fourth-order valence-corrected chi connectivity index (χ4v) is 6.61. The normalized spacial score (nSPS) is 14.8. The van der Waals surface area contributed by atoms with Gasteiger partial charge < -0.3 is 24.3 Å². The van der Waals surface area contributed by atoms with Gasteiger partial charge in [0.25, 0.3) is 5.56 Å². The monoisotopic (exact) mass is 755 g/mol. The Labute approximate surface area is 303 Å². The highest BCUT2D eigenvalue weighted by atomic mass is 19.4. The minimum absolute atomic E-state index is 0.0715. The Hall–Kier alpha value is -4.40. The van der Waals surface area contributed by atoms with Crippen molar-refractivity contribution in [2.75, 3.05) is 33.4 Å². The summed E-state index contributed by atoms with van der Waals surface area (Å²) in [6.45, 7) is 9.73. The lowest BCUT2D eigenvalue weighted by Gasteiger charge is -2.31. The van der Waals surface area contributed by atoms with E-state index in [0.29, 0.717) is 47.7 Å². The third kappa shape index (κ3) is 9.78. The maximum Gasteiger partial charge on any atom is 0.419 e. The molecule has 1 N–H and O–H groups in total. The molecule has 1 aromatic heterocycles. The zero-order chi connectivity index (χ0) is 39.4.